The second-order valence-electron chi connectivity index (χ2n) is 8.69. The van der Waals surface area contributed by atoms with Crippen LogP contribution >= 0.6 is 11.6 Å². The minimum absolute atomic E-state index is 0.692. The lowest BCUT2D eigenvalue weighted by Gasteiger charge is -2.35. The summed E-state index contributed by atoms with van der Waals surface area (Å²) in [5.41, 5.74) is 3.89. The Morgan fingerprint density at radius 2 is 1.60 bits per heavy atom. The van der Waals surface area contributed by atoms with Gasteiger partial charge in [0, 0.05) is 54.3 Å². The highest BCUT2D eigenvalue weighted by Crippen LogP contribution is 2.30. The quantitative estimate of drug-likeness (QED) is 0.352. The summed E-state index contributed by atoms with van der Waals surface area (Å²) < 4.78 is 7.63. The van der Waals surface area contributed by atoms with Crippen molar-refractivity contribution in [3.05, 3.63) is 83.4 Å². The van der Waals surface area contributed by atoms with E-state index in [9.17, 15) is 0 Å². The van der Waals surface area contributed by atoms with Gasteiger partial charge in [-0.1, -0.05) is 41.9 Å². The smallest absolute Gasteiger partial charge is 0.213 e. The number of aromatic nitrogens is 4. The summed E-state index contributed by atoms with van der Waals surface area (Å²) in [6.45, 7) is 4.42. The van der Waals surface area contributed by atoms with Gasteiger partial charge in [-0.3, -0.25) is 4.90 Å². The second kappa shape index (κ2) is 9.17. The molecule has 0 atom stereocenters. The van der Waals surface area contributed by atoms with Gasteiger partial charge in [0.05, 0.1) is 12.6 Å². The fraction of sp³-hybridized carbons (Fsp3) is 0.222. The molecule has 8 heteroatoms. The third kappa shape index (κ3) is 4.07. The van der Waals surface area contributed by atoms with Crippen LogP contribution in [-0.2, 0) is 6.54 Å². The van der Waals surface area contributed by atoms with E-state index in [1.807, 2.05) is 60.7 Å². The van der Waals surface area contributed by atoms with Crippen molar-refractivity contribution < 1.29 is 4.74 Å². The SMILES string of the molecule is COc1ccccc1CN1CCN(c2nc3ccccc3c3nnc(-c4ccc(Cl)cc4)n23)CC1. The number of para-hydroxylation sites is 2. The molecule has 0 N–H and O–H groups in total. The van der Waals surface area contributed by atoms with Gasteiger partial charge in [-0.05, 0) is 42.5 Å². The van der Waals surface area contributed by atoms with Gasteiger partial charge >= 0.3 is 0 Å². The van der Waals surface area contributed by atoms with Crippen LogP contribution in [0.5, 0.6) is 5.75 Å². The van der Waals surface area contributed by atoms with E-state index in [-0.39, 0.29) is 0 Å². The highest BCUT2D eigenvalue weighted by molar-refractivity contribution is 6.30. The monoisotopic (exact) mass is 484 g/mol. The zero-order valence-electron chi connectivity index (χ0n) is 19.4. The van der Waals surface area contributed by atoms with Crippen LogP contribution in [0.3, 0.4) is 0 Å². The first-order valence-corrected chi connectivity index (χ1v) is 12.1. The number of hydrogen-bond acceptors (Lipinski definition) is 6. The molecule has 35 heavy (non-hydrogen) atoms. The minimum atomic E-state index is 0.692. The Morgan fingerprint density at radius 3 is 2.40 bits per heavy atom. The molecule has 1 aliphatic rings. The summed E-state index contributed by atoms with van der Waals surface area (Å²) >= 11 is 6.14. The van der Waals surface area contributed by atoms with Gasteiger partial charge < -0.3 is 9.64 Å². The molecule has 0 unspecified atom stereocenters. The van der Waals surface area contributed by atoms with E-state index in [0.29, 0.717) is 5.02 Å². The summed E-state index contributed by atoms with van der Waals surface area (Å²) in [7, 11) is 1.73. The lowest BCUT2D eigenvalue weighted by molar-refractivity contribution is 0.245. The average molecular weight is 485 g/mol. The molecule has 0 spiro atoms. The predicted molar refractivity (Wildman–Crippen MR) is 139 cm³/mol. The Labute approximate surface area is 208 Å². The Balaban J connectivity index is 1.35. The molecule has 3 heterocycles. The first-order valence-electron chi connectivity index (χ1n) is 11.7. The molecular weight excluding hydrogens is 460 g/mol. The number of halogens is 1. The summed E-state index contributed by atoms with van der Waals surface area (Å²) in [6, 6.07) is 24.0. The van der Waals surface area contributed by atoms with E-state index < -0.39 is 0 Å². The van der Waals surface area contributed by atoms with Gasteiger partial charge in [0.15, 0.2) is 11.5 Å². The predicted octanol–water partition coefficient (Wildman–Crippen LogP) is 4.93. The van der Waals surface area contributed by atoms with Crippen LogP contribution in [0.4, 0.5) is 5.95 Å². The molecule has 1 aliphatic heterocycles. The molecule has 1 fully saturated rings. The van der Waals surface area contributed by atoms with Gasteiger partial charge in [0.2, 0.25) is 5.95 Å². The molecule has 6 rings (SSSR count). The number of nitrogens with zero attached hydrogens (tertiary/aromatic N) is 6. The van der Waals surface area contributed by atoms with E-state index in [0.717, 1.165) is 72.4 Å². The van der Waals surface area contributed by atoms with Crippen molar-refractivity contribution in [2.75, 3.05) is 38.2 Å². The molecule has 0 amide bonds. The number of benzene rings is 3. The number of hydrogen-bond donors (Lipinski definition) is 0. The van der Waals surface area contributed by atoms with Gasteiger partial charge in [0.25, 0.3) is 0 Å². The van der Waals surface area contributed by atoms with E-state index in [2.05, 4.69) is 36.5 Å². The van der Waals surface area contributed by atoms with E-state index in [1.54, 1.807) is 7.11 Å². The van der Waals surface area contributed by atoms with Crippen LogP contribution in [0.2, 0.25) is 5.02 Å². The van der Waals surface area contributed by atoms with Crippen molar-refractivity contribution >= 4 is 34.1 Å². The third-order valence-electron chi connectivity index (χ3n) is 6.57. The standard InChI is InChI=1S/C27H25ClN6O/c1-35-24-9-5-2-6-20(24)18-32-14-16-33(17-15-32)27-29-23-8-4-3-7-22(23)26-31-30-25(34(26)27)19-10-12-21(28)13-11-19/h2-13H,14-18H2,1H3. The Bertz CT molecular complexity index is 1490. The third-order valence-corrected chi connectivity index (χ3v) is 6.82. The summed E-state index contributed by atoms with van der Waals surface area (Å²) in [4.78, 5) is 9.88. The molecule has 3 aromatic carbocycles. The highest BCUT2D eigenvalue weighted by Gasteiger charge is 2.24. The maximum Gasteiger partial charge on any atom is 0.213 e. The lowest BCUT2D eigenvalue weighted by Crippen LogP contribution is -2.47. The lowest BCUT2D eigenvalue weighted by atomic mass is 10.1. The van der Waals surface area contributed by atoms with Gasteiger partial charge in [0.1, 0.15) is 5.75 Å². The van der Waals surface area contributed by atoms with Crippen molar-refractivity contribution in [2.45, 2.75) is 6.54 Å². The molecule has 176 valence electrons. The zero-order valence-corrected chi connectivity index (χ0v) is 20.2. The summed E-state index contributed by atoms with van der Waals surface area (Å²) in [5.74, 6) is 2.57. The fourth-order valence-corrected chi connectivity index (χ4v) is 4.87. The number of piperazine rings is 1. The molecule has 2 aromatic heterocycles. The average Bonchev–Trinajstić information content (AvgIpc) is 3.35. The summed E-state index contributed by atoms with van der Waals surface area (Å²) in [5, 5.41) is 10.8. The van der Waals surface area contributed by atoms with Crippen LogP contribution in [-0.4, -0.2) is 57.8 Å². The van der Waals surface area contributed by atoms with Gasteiger partial charge in [-0.25, -0.2) is 9.38 Å². The normalized spacial score (nSPS) is 14.6. The van der Waals surface area contributed by atoms with Crippen molar-refractivity contribution in [1.82, 2.24) is 24.5 Å². The number of fused-ring (bicyclic) bond motifs is 3. The van der Waals surface area contributed by atoms with Crippen molar-refractivity contribution in [1.29, 1.82) is 0 Å². The van der Waals surface area contributed by atoms with E-state index in [1.165, 1.54) is 5.56 Å². The topological polar surface area (TPSA) is 58.8 Å². The molecule has 1 saturated heterocycles. The van der Waals surface area contributed by atoms with Crippen LogP contribution in [0, 0.1) is 0 Å². The fourth-order valence-electron chi connectivity index (χ4n) is 4.74. The molecule has 0 radical (unpaired) electrons. The van der Waals surface area contributed by atoms with Gasteiger partial charge in [-0.2, -0.15) is 0 Å². The van der Waals surface area contributed by atoms with Crippen molar-refractivity contribution in [3.8, 4) is 17.1 Å². The first kappa shape index (κ1) is 21.8. The summed E-state index contributed by atoms with van der Waals surface area (Å²) in [6.07, 6.45) is 0. The van der Waals surface area contributed by atoms with Crippen LogP contribution < -0.4 is 9.64 Å². The van der Waals surface area contributed by atoms with Crippen molar-refractivity contribution in [2.24, 2.45) is 0 Å². The minimum Gasteiger partial charge on any atom is -0.496 e. The molecule has 5 aromatic rings. The zero-order chi connectivity index (χ0) is 23.8. The molecular formula is C27H25ClN6O. The Morgan fingerprint density at radius 1 is 0.857 bits per heavy atom. The maximum absolute atomic E-state index is 6.14. The molecule has 0 aliphatic carbocycles. The number of anilines is 1. The highest BCUT2D eigenvalue weighted by atomic mass is 35.5. The Kier molecular flexibility index (Phi) is 5.72. The van der Waals surface area contributed by atoms with Crippen LogP contribution in [0.25, 0.3) is 27.9 Å². The number of rotatable bonds is 5. The molecule has 0 saturated carbocycles. The van der Waals surface area contributed by atoms with Crippen LogP contribution in [0.1, 0.15) is 5.56 Å². The number of ether oxygens (including phenoxy) is 1. The van der Waals surface area contributed by atoms with Gasteiger partial charge in [-0.15, -0.1) is 10.2 Å². The van der Waals surface area contributed by atoms with Crippen LogP contribution in [0.15, 0.2) is 72.8 Å². The Hall–Kier alpha value is -3.68. The maximum atomic E-state index is 6.14. The van der Waals surface area contributed by atoms with E-state index in [4.69, 9.17) is 21.3 Å². The van der Waals surface area contributed by atoms with Crippen molar-refractivity contribution in [3.63, 3.8) is 0 Å². The van der Waals surface area contributed by atoms with E-state index >= 15 is 0 Å². The molecule has 0 bridgehead atoms. The first-order chi connectivity index (χ1) is 17.2. The molecule has 7 nitrogen and oxygen atoms in total. The number of methoxy groups -OCH3 is 1. The largest absolute Gasteiger partial charge is 0.496 e. The second-order valence-corrected chi connectivity index (χ2v) is 9.13.